The molecule has 0 aliphatic rings. The van der Waals surface area contributed by atoms with Gasteiger partial charge in [0.1, 0.15) is 0 Å². The van der Waals surface area contributed by atoms with Crippen LogP contribution in [0.15, 0.2) is 0 Å². The van der Waals surface area contributed by atoms with Crippen molar-refractivity contribution in [3.8, 4) is 0 Å². The molecular formula is C9H20N2O2. The Labute approximate surface area is 79.7 Å². The van der Waals surface area contributed by atoms with E-state index in [1.54, 1.807) is 13.8 Å². The maximum atomic E-state index is 11.0. The number of aliphatic hydroxyl groups is 1. The summed E-state index contributed by atoms with van der Waals surface area (Å²) >= 11 is 0. The van der Waals surface area contributed by atoms with Gasteiger partial charge in [-0.25, -0.2) is 0 Å². The van der Waals surface area contributed by atoms with Crippen LogP contribution in [0.1, 0.15) is 27.7 Å². The van der Waals surface area contributed by atoms with Gasteiger partial charge in [-0.15, -0.1) is 0 Å². The van der Waals surface area contributed by atoms with Gasteiger partial charge in [0.2, 0.25) is 5.91 Å². The molecule has 0 saturated carbocycles. The number of carbonyl (C=O) groups excluding carboxylic acids is 1. The third-order valence-corrected chi connectivity index (χ3v) is 2.00. The predicted molar refractivity (Wildman–Crippen MR) is 52.4 cm³/mol. The lowest BCUT2D eigenvalue weighted by atomic mass is 10.0. The monoisotopic (exact) mass is 188 g/mol. The zero-order chi connectivity index (χ0) is 10.5. The minimum Gasteiger partial charge on any atom is -0.389 e. The second-order valence-corrected chi connectivity index (χ2v) is 3.71. The van der Waals surface area contributed by atoms with Crippen molar-refractivity contribution < 1.29 is 9.90 Å². The van der Waals surface area contributed by atoms with Gasteiger partial charge in [-0.3, -0.25) is 4.79 Å². The molecule has 0 aromatic rings. The largest absolute Gasteiger partial charge is 0.389 e. The van der Waals surface area contributed by atoms with Gasteiger partial charge < -0.3 is 15.7 Å². The maximum absolute atomic E-state index is 11.0. The summed E-state index contributed by atoms with van der Waals surface area (Å²) in [6, 6.07) is -0.102. The zero-order valence-electron chi connectivity index (χ0n) is 8.85. The van der Waals surface area contributed by atoms with E-state index in [0.717, 1.165) is 0 Å². The van der Waals surface area contributed by atoms with Crippen LogP contribution in [0.25, 0.3) is 0 Å². The highest BCUT2D eigenvalue weighted by Crippen LogP contribution is 2.06. The van der Waals surface area contributed by atoms with Crippen molar-refractivity contribution in [3.63, 3.8) is 0 Å². The Morgan fingerprint density at radius 2 is 2.08 bits per heavy atom. The van der Waals surface area contributed by atoms with Crippen molar-refractivity contribution in [1.29, 1.82) is 0 Å². The molecule has 1 atom stereocenters. The van der Waals surface area contributed by atoms with Gasteiger partial charge in [-0.05, 0) is 27.7 Å². The smallest absolute Gasteiger partial charge is 0.233 e. The third-order valence-electron chi connectivity index (χ3n) is 2.00. The minimum absolute atomic E-state index is 0.0430. The first kappa shape index (κ1) is 12.4. The lowest BCUT2D eigenvalue weighted by molar-refractivity contribution is -0.120. The van der Waals surface area contributed by atoms with Crippen LogP contribution in [-0.2, 0) is 4.79 Å². The van der Waals surface area contributed by atoms with Crippen molar-refractivity contribution in [1.82, 2.24) is 10.6 Å². The summed E-state index contributed by atoms with van der Waals surface area (Å²) in [6.45, 7) is 8.03. The first-order valence-electron chi connectivity index (χ1n) is 4.60. The summed E-state index contributed by atoms with van der Waals surface area (Å²) in [4.78, 5) is 11.0. The number of hydrogen-bond acceptors (Lipinski definition) is 3. The molecule has 0 rings (SSSR count). The number of likely N-dealkylation sites (N-methyl/N-ethyl adjacent to an activating group) is 1. The molecular weight excluding hydrogens is 168 g/mol. The van der Waals surface area contributed by atoms with Gasteiger partial charge in [0.25, 0.3) is 0 Å². The average molecular weight is 188 g/mol. The summed E-state index contributed by atoms with van der Waals surface area (Å²) in [5, 5.41) is 15.1. The van der Waals surface area contributed by atoms with E-state index >= 15 is 0 Å². The summed E-state index contributed by atoms with van der Waals surface area (Å²) < 4.78 is 0. The van der Waals surface area contributed by atoms with Crippen LogP contribution < -0.4 is 10.6 Å². The number of carbonyl (C=O) groups is 1. The van der Waals surface area contributed by atoms with Crippen molar-refractivity contribution in [2.45, 2.75) is 39.3 Å². The normalized spacial score (nSPS) is 13.9. The third kappa shape index (κ3) is 5.60. The Bertz CT molecular complexity index is 163. The highest BCUT2D eigenvalue weighted by molar-refractivity contribution is 5.77. The first-order valence-corrected chi connectivity index (χ1v) is 4.60. The van der Waals surface area contributed by atoms with Gasteiger partial charge in [-0.1, -0.05) is 0 Å². The van der Waals surface area contributed by atoms with Gasteiger partial charge in [0.05, 0.1) is 12.1 Å². The Morgan fingerprint density at radius 1 is 1.54 bits per heavy atom. The molecule has 0 saturated heterocycles. The Kier molecular flexibility index (Phi) is 4.95. The molecule has 0 spiro atoms. The van der Waals surface area contributed by atoms with Crippen molar-refractivity contribution in [2.75, 3.05) is 13.1 Å². The summed E-state index contributed by atoms with van der Waals surface area (Å²) in [6.07, 6.45) is 0. The van der Waals surface area contributed by atoms with Crippen molar-refractivity contribution >= 4 is 5.91 Å². The summed E-state index contributed by atoms with van der Waals surface area (Å²) in [5.74, 6) is -0.0430. The fraction of sp³-hybridized carbons (Fsp3) is 0.889. The Morgan fingerprint density at radius 3 is 2.46 bits per heavy atom. The molecule has 0 aromatic carbocycles. The molecule has 0 heterocycles. The van der Waals surface area contributed by atoms with Gasteiger partial charge in [0.15, 0.2) is 0 Å². The molecule has 0 bridgehead atoms. The number of nitrogens with one attached hydrogen (secondary N) is 2. The Balaban J connectivity index is 3.70. The quantitative estimate of drug-likeness (QED) is 0.563. The average Bonchev–Trinajstić information content (AvgIpc) is 1.99. The fourth-order valence-electron chi connectivity index (χ4n) is 0.755. The summed E-state index contributed by atoms with van der Waals surface area (Å²) in [5.41, 5.74) is -0.799. The van der Waals surface area contributed by atoms with Crippen molar-refractivity contribution in [2.24, 2.45) is 0 Å². The van der Waals surface area contributed by atoms with Crippen LogP contribution in [0.3, 0.4) is 0 Å². The van der Waals surface area contributed by atoms with E-state index in [2.05, 4.69) is 10.6 Å². The van der Waals surface area contributed by atoms with Crippen molar-refractivity contribution in [3.05, 3.63) is 0 Å². The molecule has 4 heteroatoms. The van der Waals surface area contributed by atoms with E-state index in [1.807, 2.05) is 13.8 Å². The molecule has 3 N–H and O–H groups in total. The van der Waals surface area contributed by atoms with Crippen LogP contribution in [0.4, 0.5) is 0 Å². The minimum atomic E-state index is -0.799. The predicted octanol–water partition coefficient (Wildman–Crippen LogP) is -0.128. The fourth-order valence-corrected chi connectivity index (χ4v) is 0.755. The highest BCUT2D eigenvalue weighted by Gasteiger charge is 2.21. The molecule has 1 amide bonds. The SMILES string of the molecule is CCNC(=O)CNC(C)C(C)(C)O. The lowest BCUT2D eigenvalue weighted by Crippen LogP contribution is -2.48. The lowest BCUT2D eigenvalue weighted by Gasteiger charge is -2.26. The number of amides is 1. The second kappa shape index (κ2) is 5.19. The number of hydrogen-bond donors (Lipinski definition) is 3. The van der Waals surface area contributed by atoms with E-state index in [9.17, 15) is 9.90 Å². The van der Waals surface area contributed by atoms with E-state index in [0.29, 0.717) is 6.54 Å². The molecule has 4 nitrogen and oxygen atoms in total. The van der Waals surface area contributed by atoms with Crippen LogP contribution >= 0.6 is 0 Å². The number of rotatable bonds is 5. The molecule has 0 radical (unpaired) electrons. The molecule has 0 aromatic heterocycles. The molecule has 0 aliphatic carbocycles. The molecule has 13 heavy (non-hydrogen) atoms. The topological polar surface area (TPSA) is 61.4 Å². The van der Waals surface area contributed by atoms with E-state index in [-0.39, 0.29) is 18.5 Å². The van der Waals surface area contributed by atoms with Gasteiger partial charge in [0, 0.05) is 12.6 Å². The molecule has 0 fully saturated rings. The molecule has 1 unspecified atom stereocenters. The molecule has 78 valence electrons. The van der Waals surface area contributed by atoms with Crippen LogP contribution in [0.2, 0.25) is 0 Å². The van der Waals surface area contributed by atoms with Gasteiger partial charge >= 0.3 is 0 Å². The van der Waals surface area contributed by atoms with E-state index in [1.165, 1.54) is 0 Å². The van der Waals surface area contributed by atoms with Crippen LogP contribution in [-0.4, -0.2) is 35.7 Å². The second-order valence-electron chi connectivity index (χ2n) is 3.71. The molecule has 0 aliphatic heterocycles. The van der Waals surface area contributed by atoms with Gasteiger partial charge in [-0.2, -0.15) is 0 Å². The van der Waals surface area contributed by atoms with E-state index in [4.69, 9.17) is 0 Å². The Hall–Kier alpha value is -0.610. The standard InChI is InChI=1S/C9H20N2O2/c1-5-10-8(12)6-11-7(2)9(3,4)13/h7,11,13H,5-6H2,1-4H3,(H,10,12). The summed E-state index contributed by atoms with van der Waals surface area (Å²) in [7, 11) is 0. The first-order chi connectivity index (χ1) is 5.88. The van der Waals surface area contributed by atoms with Crippen LogP contribution in [0.5, 0.6) is 0 Å². The maximum Gasteiger partial charge on any atom is 0.233 e. The van der Waals surface area contributed by atoms with Crippen LogP contribution in [0, 0.1) is 0 Å². The van der Waals surface area contributed by atoms with E-state index < -0.39 is 5.60 Å². The highest BCUT2D eigenvalue weighted by atomic mass is 16.3. The zero-order valence-corrected chi connectivity index (χ0v) is 8.85.